The Hall–Kier alpha value is -3.62. The predicted molar refractivity (Wildman–Crippen MR) is 184 cm³/mol. The molecular formula is C35H52N4O9S. The number of aromatic nitrogens is 1. The molecule has 2 aliphatic rings. The fraction of sp³-hybridized carbons (Fsp3) is 0.629. The van der Waals surface area contributed by atoms with Gasteiger partial charge in [0, 0.05) is 32.0 Å². The maximum absolute atomic E-state index is 14.3. The highest BCUT2D eigenvalue weighted by atomic mass is 32.2. The molecule has 14 heteroatoms. The fourth-order valence-corrected chi connectivity index (χ4v) is 8.57. The Kier molecular flexibility index (Phi) is 14.1. The summed E-state index contributed by atoms with van der Waals surface area (Å²) in [6, 6.07) is 0. The Bertz CT molecular complexity index is 1540. The number of rotatable bonds is 7. The summed E-state index contributed by atoms with van der Waals surface area (Å²) < 4.78 is 39.4. The third-order valence-corrected chi connectivity index (χ3v) is 11.5. The number of allylic oxidation sites excluding steroid dienone is 2. The number of nitrogens with one attached hydrogen (secondary N) is 1. The number of nitrogens with zero attached hydrogens (tertiary/aromatic N) is 3. The Morgan fingerprint density at radius 2 is 1.86 bits per heavy atom. The van der Waals surface area contributed by atoms with Crippen molar-refractivity contribution in [3.8, 4) is 0 Å². The number of fused-ring (bicyclic) bond motifs is 3. The van der Waals surface area contributed by atoms with E-state index in [-0.39, 0.29) is 73.8 Å². The molecule has 0 radical (unpaired) electrons. The normalized spacial score (nSPS) is 29.3. The first-order valence-corrected chi connectivity index (χ1v) is 18.7. The molecule has 3 heterocycles. The van der Waals surface area contributed by atoms with Crippen LogP contribution in [0.3, 0.4) is 0 Å². The van der Waals surface area contributed by atoms with Gasteiger partial charge in [-0.1, -0.05) is 64.5 Å². The van der Waals surface area contributed by atoms with Crippen molar-refractivity contribution in [3.63, 3.8) is 0 Å². The van der Waals surface area contributed by atoms with Gasteiger partial charge in [-0.2, -0.15) is 0 Å². The standard InChI is InChI=1S/C35H52N4O9S/c1-8-38(9-2)17-18-49(45,46)29-14-16-39-33(43)28-22-47-31(37-28)21-27(41)20-26(40)19-24(5)11-10-15-36-30(42)13-12-25(6)32(23(3)4)48-34(44)35(29,39)7/h10-13,19,22-23,25-26,29,32,40H,8-9,14-18,20-21H2,1-7H3,(H,36,42)/b11-10+,13-12+,24-19+/t25-,26?,29?,32?,35?/m1/s1. The van der Waals surface area contributed by atoms with Gasteiger partial charge in [0.1, 0.15) is 18.2 Å². The number of carbonyl (C=O) groups excluding carboxylic acids is 4. The van der Waals surface area contributed by atoms with Gasteiger partial charge < -0.3 is 29.4 Å². The molecular weight excluding hydrogens is 652 g/mol. The van der Waals surface area contributed by atoms with Crippen LogP contribution in [0.2, 0.25) is 0 Å². The molecule has 272 valence electrons. The second kappa shape index (κ2) is 17.3. The molecule has 1 aromatic rings. The van der Waals surface area contributed by atoms with Gasteiger partial charge in [-0.25, -0.2) is 18.2 Å². The fourth-order valence-electron chi connectivity index (χ4n) is 6.38. The zero-order chi connectivity index (χ0) is 36.5. The summed E-state index contributed by atoms with van der Waals surface area (Å²) in [5.74, 6) is -3.31. The molecule has 2 aliphatic heterocycles. The first-order chi connectivity index (χ1) is 23.0. The van der Waals surface area contributed by atoms with Gasteiger partial charge in [0.05, 0.1) is 23.5 Å². The van der Waals surface area contributed by atoms with E-state index in [0.717, 1.165) is 6.26 Å². The number of aliphatic hydroxyl groups is 1. The minimum absolute atomic E-state index is 0.00234. The number of cyclic esters (lactones) is 1. The molecule has 1 aromatic heterocycles. The maximum atomic E-state index is 14.3. The van der Waals surface area contributed by atoms with E-state index < -0.39 is 50.6 Å². The SMILES string of the molecule is CCN(CC)CCS(=O)(=O)C1CCN2C(=O)c3coc(n3)CC(=O)CC(O)/C=C(C)/C=C/CNC(=O)/C=C/[C@@H](C)C(C(C)C)OC(=O)C12C. The highest BCUT2D eigenvalue weighted by Crippen LogP contribution is 2.38. The molecule has 0 saturated carbocycles. The van der Waals surface area contributed by atoms with Crippen molar-refractivity contribution in [3.05, 3.63) is 53.8 Å². The zero-order valence-electron chi connectivity index (χ0n) is 29.7. The lowest BCUT2D eigenvalue weighted by Crippen LogP contribution is -2.60. The van der Waals surface area contributed by atoms with Crippen molar-refractivity contribution in [1.29, 1.82) is 0 Å². The van der Waals surface area contributed by atoms with Crippen molar-refractivity contribution >= 4 is 33.4 Å². The number of ketones is 1. The molecule has 1 saturated heterocycles. The molecule has 3 rings (SSSR count). The number of hydrogen-bond donors (Lipinski definition) is 2. The van der Waals surface area contributed by atoms with E-state index in [2.05, 4.69) is 10.3 Å². The summed E-state index contributed by atoms with van der Waals surface area (Å²) >= 11 is 0. The van der Waals surface area contributed by atoms with Gasteiger partial charge in [0.2, 0.25) is 11.8 Å². The number of esters is 1. The van der Waals surface area contributed by atoms with E-state index >= 15 is 0 Å². The van der Waals surface area contributed by atoms with Gasteiger partial charge in [-0.15, -0.1) is 0 Å². The van der Waals surface area contributed by atoms with Crippen LogP contribution in [0.1, 0.15) is 77.7 Å². The molecule has 4 unspecified atom stereocenters. The lowest BCUT2D eigenvalue weighted by atomic mass is 9.92. The topological polar surface area (TPSA) is 176 Å². The number of oxazole rings is 1. The molecule has 2 bridgehead atoms. The second-order valence-corrected chi connectivity index (χ2v) is 15.6. The van der Waals surface area contributed by atoms with Crippen LogP contribution in [0.15, 0.2) is 46.6 Å². The highest BCUT2D eigenvalue weighted by Gasteiger charge is 2.59. The zero-order valence-corrected chi connectivity index (χ0v) is 30.5. The Morgan fingerprint density at radius 3 is 2.51 bits per heavy atom. The van der Waals surface area contributed by atoms with E-state index in [1.54, 1.807) is 32.1 Å². The van der Waals surface area contributed by atoms with E-state index in [1.165, 1.54) is 24.0 Å². The third-order valence-electron chi connectivity index (χ3n) is 9.24. The largest absolute Gasteiger partial charge is 0.460 e. The highest BCUT2D eigenvalue weighted by molar-refractivity contribution is 7.92. The third kappa shape index (κ3) is 10.2. The molecule has 13 nitrogen and oxygen atoms in total. The van der Waals surface area contributed by atoms with E-state index in [9.17, 15) is 32.7 Å². The number of aliphatic hydroxyl groups excluding tert-OH is 1. The second-order valence-electron chi connectivity index (χ2n) is 13.3. The van der Waals surface area contributed by atoms with Crippen LogP contribution >= 0.6 is 0 Å². The molecule has 0 aliphatic carbocycles. The molecule has 2 N–H and O–H groups in total. The Balaban J connectivity index is 2.06. The van der Waals surface area contributed by atoms with E-state index in [4.69, 9.17) is 9.15 Å². The number of Topliss-reactive ketones (excluding diaryl/α,β-unsaturated/α-hetero) is 1. The van der Waals surface area contributed by atoms with Gasteiger partial charge in [0.25, 0.3) is 5.91 Å². The summed E-state index contributed by atoms with van der Waals surface area (Å²) in [5.41, 5.74) is -1.42. The average molecular weight is 705 g/mol. The molecule has 49 heavy (non-hydrogen) atoms. The van der Waals surface area contributed by atoms with Crippen molar-refractivity contribution in [2.24, 2.45) is 11.8 Å². The molecule has 1 fully saturated rings. The molecule has 0 aromatic carbocycles. The summed E-state index contributed by atoms with van der Waals surface area (Å²) in [5, 5.41) is 11.9. The first kappa shape index (κ1) is 39.8. The van der Waals surface area contributed by atoms with Crippen LogP contribution in [0.5, 0.6) is 0 Å². The van der Waals surface area contributed by atoms with E-state index in [1.807, 2.05) is 32.6 Å². The lowest BCUT2D eigenvalue weighted by molar-refractivity contribution is -0.164. The molecule has 5 atom stereocenters. The van der Waals surface area contributed by atoms with Crippen LogP contribution in [0.25, 0.3) is 0 Å². The van der Waals surface area contributed by atoms with Crippen LogP contribution in [-0.4, -0.2) is 113 Å². The van der Waals surface area contributed by atoms with Gasteiger partial charge in [0.15, 0.2) is 21.1 Å². The van der Waals surface area contributed by atoms with Gasteiger partial charge in [-0.3, -0.25) is 14.4 Å². The Morgan fingerprint density at radius 1 is 1.16 bits per heavy atom. The van der Waals surface area contributed by atoms with Crippen molar-refractivity contribution in [1.82, 2.24) is 20.1 Å². The summed E-state index contributed by atoms with van der Waals surface area (Å²) in [6.07, 6.45) is 6.63. The number of sulfone groups is 1. The first-order valence-electron chi connectivity index (χ1n) is 16.9. The van der Waals surface area contributed by atoms with Crippen molar-refractivity contribution < 1.29 is 41.9 Å². The molecule has 0 spiro atoms. The number of carbonyl (C=O) groups is 4. The number of ether oxygens (including phenoxy) is 1. The van der Waals surface area contributed by atoms with Crippen molar-refractivity contribution in [2.45, 2.75) is 90.7 Å². The van der Waals surface area contributed by atoms with Crippen LogP contribution in [0.4, 0.5) is 0 Å². The maximum Gasteiger partial charge on any atom is 0.333 e. The average Bonchev–Trinajstić information content (AvgIpc) is 3.65. The van der Waals surface area contributed by atoms with Crippen molar-refractivity contribution in [2.75, 3.05) is 38.5 Å². The summed E-state index contributed by atoms with van der Waals surface area (Å²) in [6.45, 7) is 14.3. The van der Waals surface area contributed by atoms with Gasteiger partial charge >= 0.3 is 5.97 Å². The summed E-state index contributed by atoms with van der Waals surface area (Å²) in [4.78, 5) is 60.9. The van der Waals surface area contributed by atoms with Crippen LogP contribution in [0, 0.1) is 11.8 Å². The quantitative estimate of drug-likeness (QED) is 0.399. The van der Waals surface area contributed by atoms with Crippen LogP contribution < -0.4 is 5.32 Å². The predicted octanol–water partition coefficient (Wildman–Crippen LogP) is 2.66. The minimum Gasteiger partial charge on any atom is -0.460 e. The summed E-state index contributed by atoms with van der Waals surface area (Å²) in [7, 11) is -3.93. The monoisotopic (exact) mass is 704 g/mol. The number of amides is 2. The Labute approximate surface area is 289 Å². The van der Waals surface area contributed by atoms with E-state index in [0.29, 0.717) is 18.7 Å². The molecule has 2 amide bonds. The van der Waals surface area contributed by atoms with Crippen LogP contribution in [-0.2, 0) is 35.4 Å². The lowest BCUT2D eigenvalue weighted by Gasteiger charge is -2.38. The van der Waals surface area contributed by atoms with Gasteiger partial charge in [-0.05, 0) is 45.4 Å². The smallest absolute Gasteiger partial charge is 0.333 e. The minimum atomic E-state index is -3.93. The number of hydrogen-bond acceptors (Lipinski definition) is 11.